The molecule has 0 aromatic heterocycles. The minimum atomic E-state index is -3.47. The Morgan fingerprint density at radius 1 is 0.160 bits per heavy atom. The van der Waals surface area contributed by atoms with Crippen molar-refractivity contribution in [3.8, 4) is 0 Å². The third-order valence-electron chi connectivity index (χ3n) is 25.4. The first-order chi connectivity index (χ1) is 52.3. The minimum absolute atomic E-state index is 0.186. The van der Waals surface area contributed by atoms with E-state index in [2.05, 4.69) is 62.3 Å². The van der Waals surface area contributed by atoms with Crippen molar-refractivity contribution < 1.29 is 13.3 Å². The molecule has 0 aromatic carbocycles. The second-order valence-corrected chi connectivity index (χ2v) is 38.8. The monoisotopic (exact) mass is 1510 g/mol. The van der Waals surface area contributed by atoms with E-state index < -0.39 is 8.80 Å². The summed E-state index contributed by atoms with van der Waals surface area (Å²) in [7, 11) is -3.47. The molecule has 106 heavy (non-hydrogen) atoms. The van der Waals surface area contributed by atoms with Gasteiger partial charge in [-0.15, -0.1) is 0 Å². The van der Waals surface area contributed by atoms with Crippen LogP contribution in [0.5, 0.6) is 0 Å². The molecule has 0 N–H and O–H groups in total. The zero-order valence-electron chi connectivity index (χ0n) is 75.9. The Hall–Kier alpha value is 0.0969. The van der Waals surface area contributed by atoms with Gasteiger partial charge in [0.25, 0.3) is 0 Å². The number of unbranched alkanes of at least 4 members (excludes halogenated alkanes) is 72. The van der Waals surface area contributed by atoms with Crippen molar-refractivity contribution in [2.45, 2.75) is 657 Å². The molecule has 0 aromatic rings. The normalized spacial score (nSPS) is 12.4. The van der Waals surface area contributed by atoms with Crippen LogP contribution in [0.4, 0.5) is 0 Å². The van der Waals surface area contributed by atoms with Crippen molar-refractivity contribution in [3.05, 3.63) is 0 Å². The van der Waals surface area contributed by atoms with Crippen molar-refractivity contribution in [1.82, 2.24) is 0 Å². The number of rotatable bonds is 96. The lowest BCUT2D eigenvalue weighted by molar-refractivity contribution is -0.110. The first-order valence-corrected chi connectivity index (χ1v) is 53.3. The topological polar surface area (TPSA) is 27.7 Å². The fraction of sp³-hybridized carbons (Fsp3) is 1.00. The third-order valence-corrected chi connectivity index (χ3v) is 28.5. The SMILES string of the molecule is CCCCCCCCCCCC(CCCCCCCCCCC)O[Si](CCCCCCCCCCC)(OC(CCCCCCCCCCC)(CCCCCCCCCCC)CCCCCCCCCCC)OC(CCCCCCCCCCC)(CCCCCCCCCCC)CCCCCCCCCCC. The van der Waals surface area contributed by atoms with Crippen LogP contribution in [0, 0.1) is 0 Å². The summed E-state index contributed by atoms with van der Waals surface area (Å²) >= 11 is 0. The van der Waals surface area contributed by atoms with E-state index in [-0.39, 0.29) is 17.3 Å². The summed E-state index contributed by atoms with van der Waals surface area (Å²) in [5, 5.41) is 0. The van der Waals surface area contributed by atoms with Crippen LogP contribution < -0.4 is 0 Å². The molecule has 0 radical (unpaired) electrons. The highest BCUT2D eigenvalue weighted by Crippen LogP contribution is 2.45. The Morgan fingerprint density at radius 3 is 0.453 bits per heavy atom. The van der Waals surface area contributed by atoms with E-state index in [0.29, 0.717) is 0 Å². The summed E-state index contributed by atoms with van der Waals surface area (Å²) in [5.41, 5.74) is -0.373. The van der Waals surface area contributed by atoms with Gasteiger partial charge in [0.2, 0.25) is 0 Å². The van der Waals surface area contributed by atoms with Gasteiger partial charge in [0.15, 0.2) is 0 Å². The van der Waals surface area contributed by atoms with Crippen LogP contribution in [0.3, 0.4) is 0 Å². The maximum absolute atomic E-state index is 9.15. The van der Waals surface area contributed by atoms with E-state index in [4.69, 9.17) is 13.3 Å². The second-order valence-electron chi connectivity index (χ2n) is 36.3. The molecule has 638 valence electrons. The summed E-state index contributed by atoms with van der Waals surface area (Å²) in [6.07, 6.45) is 122. The van der Waals surface area contributed by atoms with E-state index in [9.17, 15) is 0 Å². The van der Waals surface area contributed by atoms with Gasteiger partial charge in [-0.1, -0.05) is 576 Å². The third kappa shape index (κ3) is 73.0. The van der Waals surface area contributed by atoms with Crippen molar-refractivity contribution in [3.63, 3.8) is 0 Å². The molecule has 0 aliphatic rings. The average molecular weight is 1510 g/mol. The molecule has 0 spiro atoms. The van der Waals surface area contributed by atoms with Crippen LogP contribution in [0.1, 0.15) is 634 Å². The Labute approximate surface area is 675 Å². The highest BCUT2D eigenvalue weighted by molar-refractivity contribution is 6.61. The molecule has 0 saturated carbocycles. The minimum Gasteiger partial charge on any atom is -0.370 e. The van der Waals surface area contributed by atoms with Crippen LogP contribution in [-0.2, 0) is 13.3 Å². The number of hydrogen-bond acceptors (Lipinski definition) is 3. The number of hydrogen-bond donors (Lipinski definition) is 0. The summed E-state index contributed by atoms with van der Waals surface area (Å²) in [5.74, 6) is 0. The zero-order valence-corrected chi connectivity index (χ0v) is 76.9. The molecule has 0 bridgehead atoms. The Kier molecular flexibility index (Phi) is 87.6. The van der Waals surface area contributed by atoms with Crippen molar-refractivity contribution >= 4 is 8.80 Å². The molecule has 0 saturated heterocycles. The van der Waals surface area contributed by atoms with Gasteiger partial charge in [0, 0.05) is 12.1 Å². The van der Waals surface area contributed by atoms with Crippen molar-refractivity contribution in [2.75, 3.05) is 0 Å². The quantitative estimate of drug-likeness (QED) is 0.0449. The zero-order chi connectivity index (χ0) is 76.8. The van der Waals surface area contributed by atoms with E-state index in [1.165, 1.54) is 571 Å². The molecule has 0 unspecified atom stereocenters. The van der Waals surface area contributed by atoms with Crippen molar-refractivity contribution in [2.24, 2.45) is 0 Å². The molecular formula is C102H208O3Si. The van der Waals surface area contributed by atoms with Gasteiger partial charge >= 0.3 is 8.80 Å². The Balaban J connectivity index is 8.87. The van der Waals surface area contributed by atoms with Gasteiger partial charge in [-0.05, 0) is 57.8 Å². The lowest BCUT2D eigenvalue weighted by atomic mass is 9.85. The standard InChI is InChI=1S/C102H208O3Si/c1-10-19-28-37-46-55-64-73-82-91-100(92-83-74-65-56-47-38-29-20-11-2)103-106(99-90-81-72-63-54-45-36-27-18-9,104-101(93-84-75-66-57-48-39-30-21-12-3,94-85-76-67-58-49-40-31-22-13-4)95-86-77-68-59-50-41-32-23-14-5)105-102(96-87-78-69-60-51-42-33-24-15-6,97-88-79-70-61-52-43-34-25-16-7)98-89-80-71-62-53-44-35-26-17-8/h100H,10-99H2,1-9H3. The molecule has 0 aliphatic carbocycles. The molecule has 0 rings (SSSR count). The first-order valence-electron chi connectivity index (χ1n) is 51.4. The summed E-state index contributed by atoms with van der Waals surface area (Å²) < 4.78 is 27.1. The van der Waals surface area contributed by atoms with Gasteiger partial charge in [-0.25, -0.2) is 0 Å². The predicted octanol–water partition coefficient (Wildman–Crippen LogP) is 38.7. The fourth-order valence-electron chi connectivity index (χ4n) is 18.0. The van der Waals surface area contributed by atoms with Gasteiger partial charge in [-0.3, -0.25) is 0 Å². The van der Waals surface area contributed by atoms with Crippen LogP contribution in [0.2, 0.25) is 6.04 Å². The second kappa shape index (κ2) is 87.5. The molecule has 0 heterocycles. The van der Waals surface area contributed by atoms with E-state index in [1.807, 2.05) is 0 Å². The molecule has 3 nitrogen and oxygen atoms in total. The van der Waals surface area contributed by atoms with Gasteiger partial charge in [0.1, 0.15) is 0 Å². The lowest BCUT2D eigenvalue weighted by Gasteiger charge is -2.48. The van der Waals surface area contributed by atoms with Crippen LogP contribution in [0.15, 0.2) is 0 Å². The maximum atomic E-state index is 9.15. The molecule has 0 atom stereocenters. The largest absolute Gasteiger partial charge is 0.502 e. The Morgan fingerprint density at radius 2 is 0.292 bits per heavy atom. The molecule has 0 amide bonds. The molecule has 0 aliphatic heterocycles. The Bertz CT molecular complexity index is 1370. The highest BCUT2D eigenvalue weighted by atomic mass is 28.4. The van der Waals surface area contributed by atoms with Crippen molar-refractivity contribution in [1.29, 1.82) is 0 Å². The van der Waals surface area contributed by atoms with Gasteiger partial charge < -0.3 is 13.3 Å². The van der Waals surface area contributed by atoms with Crippen LogP contribution >= 0.6 is 0 Å². The fourth-order valence-corrected chi connectivity index (χ4v) is 21.8. The highest BCUT2D eigenvalue weighted by Gasteiger charge is 2.53. The predicted molar refractivity (Wildman–Crippen MR) is 485 cm³/mol. The van der Waals surface area contributed by atoms with Crippen LogP contribution in [-0.4, -0.2) is 26.1 Å². The molecular weight excluding hydrogens is 1300 g/mol. The average Bonchev–Trinajstić information content (AvgIpc) is 0.781. The summed E-state index contributed by atoms with van der Waals surface area (Å²) in [6.45, 7) is 21.4. The smallest absolute Gasteiger partial charge is 0.370 e. The summed E-state index contributed by atoms with van der Waals surface area (Å²) in [6, 6.07) is 1.05. The lowest BCUT2D eigenvalue weighted by Crippen LogP contribution is -2.59. The van der Waals surface area contributed by atoms with E-state index >= 15 is 0 Å². The maximum Gasteiger partial charge on any atom is 0.502 e. The van der Waals surface area contributed by atoms with Crippen LogP contribution in [0.25, 0.3) is 0 Å². The van der Waals surface area contributed by atoms with E-state index in [1.54, 1.807) is 0 Å². The molecule has 4 heteroatoms. The molecule has 0 fully saturated rings. The van der Waals surface area contributed by atoms with Gasteiger partial charge in [-0.2, -0.15) is 0 Å². The van der Waals surface area contributed by atoms with Gasteiger partial charge in [0.05, 0.1) is 11.2 Å². The summed E-state index contributed by atoms with van der Waals surface area (Å²) in [4.78, 5) is 0. The van der Waals surface area contributed by atoms with E-state index in [0.717, 1.165) is 6.04 Å². The first kappa shape index (κ1) is 106.